The van der Waals surface area contributed by atoms with Gasteiger partial charge >= 0.3 is 12.1 Å². The van der Waals surface area contributed by atoms with Crippen LogP contribution in [0.1, 0.15) is 51.5 Å². The monoisotopic (exact) mass is 406 g/mol. The molecule has 1 aromatic carbocycles. The minimum absolute atomic E-state index is 0.315. The quantitative estimate of drug-likeness (QED) is 0.432. The van der Waals surface area contributed by atoms with Crippen molar-refractivity contribution in [3.05, 3.63) is 35.6 Å². The topological polar surface area (TPSA) is 108 Å². The van der Waals surface area contributed by atoms with E-state index in [1.165, 1.54) is 24.3 Å². The van der Waals surface area contributed by atoms with Gasteiger partial charge in [0.25, 0.3) is 5.91 Å². The number of unbranched alkanes of at least 4 members (excludes halogenated alkanes) is 2. The maximum atomic E-state index is 13.3. The zero-order valence-electron chi connectivity index (χ0n) is 16.7. The van der Waals surface area contributed by atoms with E-state index in [1.807, 2.05) is 13.8 Å². The number of halogens is 1. The molecule has 1 aliphatic heterocycles. The lowest BCUT2D eigenvalue weighted by molar-refractivity contribution is -0.135. The van der Waals surface area contributed by atoms with E-state index >= 15 is 0 Å². The summed E-state index contributed by atoms with van der Waals surface area (Å²) in [5.41, 5.74) is -0.907. The molecule has 1 aliphatic rings. The molecule has 0 saturated carbocycles. The molecular formula is C20H27FN4O4. The molecule has 1 atom stereocenters. The van der Waals surface area contributed by atoms with Gasteiger partial charge in [-0.25, -0.2) is 14.0 Å². The molecule has 2 rings (SSSR count). The van der Waals surface area contributed by atoms with Crippen LogP contribution in [0.15, 0.2) is 24.3 Å². The second kappa shape index (κ2) is 9.99. The Bertz CT molecular complexity index is 768. The molecule has 3 N–H and O–H groups in total. The standard InChI is InChI=1S/C20H27FN4O4/c1-3-5-11-20(14-7-9-15(21)10-8-14)17(27)25(19(29)24-20)13-16(26)23-18(28)22-12-6-4-2/h7-10H,3-6,11-13H2,1-2H3,(H,24,29)(H2,22,23,26,28)/t20-/m1/s1. The van der Waals surface area contributed by atoms with Crippen molar-refractivity contribution >= 4 is 23.9 Å². The number of imide groups is 2. The third-order valence-electron chi connectivity index (χ3n) is 4.79. The average molecular weight is 406 g/mol. The molecule has 0 bridgehead atoms. The van der Waals surface area contributed by atoms with Crippen LogP contribution in [0.25, 0.3) is 0 Å². The highest BCUT2D eigenvalue weighted by atomic mass is 19.1. The van der Waals surface area contributed by atoms with Crippen LogP contribution in [-0.2, 0) is 15.1 Å². The fourth-order valence-corrected chi connectivity index (χ4v) is 3.19. The molecule has 0 radical (unpaired) electrons. The van der Waals surface area contributed by atoms with Crippen LogP contribution in [0.3, 0.4) is 0 Å². The normalized spacial score (nSPS) is 18.5. The first-order valence-corrected chi connectivity index (χ1v) is 9.82. The Kier molecular flexibility index (Phi) is 7.69. The Hall–Kier alpha value is -2.97. The maximum Gasteiger partial charge on any atom is 0.325 e. The summed E-state index contributed by atoms with van der Waals surface area (Å²) in [6, 6.07) is 3.95. The Labute approximate surface area is 169 Å². The number of urea groups is 2. The summed E-state index contributed by atoms with van der Waals surface area (Å²) in [5.74, 6) is -1.82. The molecule has 8 nitrogen and oxygen atoms in total. The number of carbonyl (C=O) groups excluding carboxylic acids is 4. The van der Waals surface area contributed by atoms with Crippen LogP contribution in [0, 0.1) is 5.82 Å². The van der Waals surface area contributed by atoms with Crippen molar-refractivity contribution in [2.24, 2.45) is 0 Å². The summed E-state index contributed by atoms with van der Waals surface area (Å²) < 4.78 is 13.3. The number of hydrogen-bond acceptors (Lipinski definition) is 4. The van der Waals surface area contributed by atoms with E-state index in [-0.39, 0.29) is 0 Å². The van der Waals surface area contributed by atoms with Crippen LogP contribution in [0.4, 0.5) is 14.0 Å². The second-order valence-corrected chi connectivity index (χ2v) is 6.99. The lowest BCUT2D eigenvalue weighted by Gasteiger charge is -2.27. The van der Waals surface area contributed by atoms with E-state index < -0.39 is 41.8 Å². The molecule has 1 heterocycles. The summed E-state index contributed by atoms with van der Waals surface area (Å²) in [6.07, 6.45) is 3.40. The van der Waals surface area contributed by atoms with Crippen LogP contribution in [0.2, 0.25) is 0 Å². The molecule has 0 aromatic heterocycles. The Morgan fingerprint density at radius 3 is 2.38 bits per heavy atom. The lowest BCUT2D eigenvalue weighted by atomic mass is 9.85. The first-order chi connectivity index (χ1) is 13.8. The summed E-state index contributed by atoms with van der Waals surface area (Å²) >= 11 is 0. The highest BCUT2D eigenvalue weighted by molar-refractivity contribution is 6.10. The van der Waals surface area contributed by atoms with Crippen LogP contribution in [0.5, 0.6) is 0 Å². The van der Waals surface area contributed by atoms with E-state index in [0.29, 0.717) is 24.9 Å². The van der Waals surface area contributed by atoms with Crippen molar-refractivity contribution in [3.8, 4) is 0 Å². The first kappa shape index (κ1) is 22.3. The number of rotatable bonds is 9. The Balaban J connectivity index is 2.13. The van der Waals surface area contributed by atoms with Gasteiger partial charge in [0.2, 0.25) is 5.91 Å². The molecular weight excluding hydrogens is 379 g/mol. The fraction of sp³-hybridized carbons (Fsp3) is 0.500. The predicted molar refractivity (Wildman–Crippen MR) is 104 cm³/mol. The molecule has 158 valence electrons. The molecule has 6 amide bonds. The molecule has 0 spiro atoms. The van der Waals surface area contributed by atoms with Crippen molar-refractivity contribution < 1.29 is 23.6 Å². The van der Waals surface area contributed by atoms with Gasteiger partial charge in [0.1, 0.15) is 17.9 Å². The molecule has 0 aliphatic carbocycles. The first-order valence-electron chi connectivity index (χ1n) is 9.82. The molecule has 0 unspecified atom stereocenters. The molecule has 1 fully saturated rings. The maximum absolute atomic E-state index is 13.3. The summed E-state index contributed by atoms with van der Waals surface area (Å²) in [6.45, 7) is 3.75. The number of benzene rings is 1. The van der Waals surface area contributed by atoms with E-state index in [4.69, 9.17) is 0 Å². The molecule has 9 heteroatoms. The largest absolute Gasteiger partial charge is 0.338 e. The van der Waals surface area contributed by atoms with E-state index in [9.17, 15) is 23.6 Å². The van der Waals surface area contributed by atoms with Crippen molar-refractivity contribution in [1.29, 1.82) is 0 Å². The zero-order valence-corrected chi connectivity index (χ0v) is 16.7. The van der Waals surface area contributed by atoms with E-state index in [2.05, 4.69) is 16.0 Å². The highest BCUT2D eigenvalue weighted by Crippen LogP contribution is 2.34. The third-order valence-corrected chi connectivity index (χ3v) is 4.79. The predicted octanol–water partition coefficient (Wildman–Crippen LogP) is 2.39. The SMILES string of the molecule is CCCCNC(=O)NC(=O)CN1C(=O)N[C@](CCCC)(c2ccc(F)cc2)C1=O. The van der Waals surface area contributed by atoms with Crippen LogP contribution >= 0.6 is 0 Å². The van der Waals surface area contributed by atoms with Gasteiger partial charge in [-0.1, -0.05) is 45.2 Å². The van der Waals surface area contributed by atoms with Crippen molar-refractivity contribution in [3.63, 3.8) is 0 Å². The Morgan fingerprint density at radius 2 is 1.76 bits per heavy atom. The zero-order chi connectivity index (χ0) is 21.4. The van der Waals surface area contributed by atoms with Gasteiger partial charge < -0.3 is 10.6 Å². The minimum atomic E-state index is -1.36. The van der Waals surface area contributed by atoms with E-state index in [0.717, 1.165) is 24.2 Å². The molecule has 29 heavy (non-hydrogen) atoms. The number of hydrogen-bond donors (Lipinski definition) is 3. The number of nitrogens with one attached hydrogen (secondary N) is 3. The second-order valence-electron chi connectivity index (χ2n) is 6.99. The van der Waals surface area contributed by atoms with Crippen molar-refractivity contribution in [1.82, 2.24) is 20.9 Å². The fourth-order valence-electron chi connectivity index (χ4n) is 3.19. The average Bonchev–Trinajstić information content (AvgIpc) is 2.92. The van der Waals surface area contributed by atoms with E-state index in [1.54, 1.807) is 0 Å². The summed E-state index contributed by atoms with van der Waals surface area (Å²) in [5, 5.41) is 7.31. The van der Waals surface area contributed by atoms with Crippen molar-refractivity contribution in [2.45, 2.75) is 51.5 Å². The highest BCUT2D eigenvalue weighted by Gasteiger charge is 2.52. The van der Waals surface area contributed by atoms with Crippen LogP contribution < -0.4 is 16.0 Å². The van der Waals surface area contributed by atoms with Gasteiger partial charge in [-0.05, 0) is 30.5 Å². The minimum Gasteiger partial charge on any atom is -0.338 e. The lowest BCUT2D eigenvalue weighted by Crippen LogP contribution is -2.47. The number of amides is 6. The van der Waals surface area contributed by atoms with Gasteiger partial charge in [-0.15, -0.1) is 0 Å². The number of carbonyl (C=O) groups is 4. The van der Waals surface area contributed by atoms with Gasteiger partial charge in [-0.2, -0.15) is 0 Å². The number of nitrogens with zero attached hydrogens (tertiary/aromatic N) is 1. The van der Waals surface area contributed by atoms with Gasteiger partial charge in [0.05, 0.1) is 0 Å². The molecule has 1 saturated heterocycles. The van der Waals surface area contributed by atoms with Crippen molar-refractivity contribution in [2.75, 3.05) is 13.1 Å². The molecule has 1 aromatic rings. The summed E-state index contributed by atoms with van der Waals surface area (Å²) in [7, 11) is 0. The Morgan fingerprint density at radius 1 is 1.10 bits per heavy atom. The van der Waals surface area contributed by atoms with Gasteiger partial charge in [-0.3, -0.25) is 19.8 Å². The van der Waals surface area contributed by atoms with Crippen LogP contribution in [-0.4, -0.2) is 41.9 Å². The summed E-state index contributed by atoms with van der Waals surface area (Å²) in [4.78, 5) is 50.2. The van der Waals surface area contributed by atoms with Gasteiger partial charge in [0, 0.05) is 6.54 Å². The smallest absolute Gasteiger partial charge is 0.325 e. The van der Waals surface area contributed by atoms with Gasteiger partial charge in [0.15, 0.2) is 0 Å². The third kappa shape index (κ3) is 5.30.